The van der Waals surface area contributed by atoms with Crippen LogP contribution >= 0.6 is 0 Å². The molecular weight excluding hydrogens is 364 g/mol. The van der Waals surface area contributed by atoms with Gasteiger partial charge in [0.2, 0.25) is 0 Å². The second kappa shape index (κ2) is 16.7. The smallest absolute Gasteiger partial charge is 0.309 e. The molecule has 0 spiro atoms. The SMILES string of the molecule is CCCCCCCCCCCCC(CCCC)OC(=O)C1CCCC(C(=O)O)C1. The molecule has 29 heavy (non-hydrogen) atoms. The second-order valence-corrected chi connectivity index (χ2v) is 9.07. The van der Waals surface area contributed by atoms with Crippen molar-refractivity contribution in [3.63, 3.8) is 0 Å². The first-order chi connectivity index (χ1) is 14.1. The predicted molar refractivity (Wildman–Crippen MR) is 119 cm³/mol. The minimum absolute atomic E-state index is 0.0155. The van der Waals surface area contributed by atoms with Crippen molar-refractivity contribution >= 4 is 11.9 Å². The fourth-order valence-electron chi connectivity index (χ4n) is 4.44. The van der Waals surface area contributed by atoms with Crippen molar-refractivity contribution in [2.45, 2.75) is 136 Å². The Morgan fingerprint density at radius 3 is 1.90 bits per heavy atom. The van der Waals surface area contributed by atoms with Crippen LogP contribution in [0.2, 0.25) is 0 Å². The zero-order valence-electron chi connectivity index (χ0n) is 19.1. The molecule has 1 rings (SSSR count). The van der Waals surface area contributed by atoms with Gasteiger partial charge in [-0.2, -0.15) is 0 Å². The number of aliphatic carboxylic acids is 1. The van der Waals surface area contributed by atoms with Gasteiger partial charge in [-0.3, -0.25) is 9.59 Å². The Kier molecular flexibility index (Phi) is 15.0. The highest BCUT2D eigenvalue weighted by Crippen LogP contribution is 2.31. The van der Waals surface area contributed by atoms with Crippen molar-refractivity contribution in [3.05, 3.63) is 0 Å². The lowest BCUT2D eigenvalue weighted by Gasteiger charge is -2.27. The van der Waals surface area contributed by atoms with Gasteiger partial charge in [-0.25, -0.2) is 0 Å². The molecule has 0 heterocycles. The zero-order valence-corrected chi connectivity index (χ0v) is 19.1. The lowest BCUT2D eigenvalue weighted by Crippen LogP contribution is -2.31. The number of hydrogen-bond acceptors (Lipinski definition) is 3. The van der Waals surface area contributed by atoms with Gasteiger partial charge in [-0.1, -0.05) is 90.9 Å². The molecule has 1 N–H and O–H groups in total. The lowest BCUT2D eigenvalue weighted by atomic mass is 9.81. The average molecular weight is 411 g/mol. The fraction of sp³-hybridized carbons (Fsp3) is 0.920. The number of rotatable bonds is 17. The standard InChI is InChI=1S/C25H46O4/c1-3-5-7-8-9-10-11-12-13-14-19-23(18-6-4-2)29-25(28)22-17-15-16-21(20-22)24(26)27/h21-23H,3-20H2,1-2H3,(H,26,27). The number of unbranched alkanes of at least 4 members (excludes halogenated alkanes) is 10. The first-order valence-corrected chi connectivity index (χ1v) is 12.5. The predicted octanol–water partition coefficient (Wildman–Crippen LogP) is 7.29. The third-order valence-electron chi connectivity index (χ3n) is 6.40. The third kappa shape index (κ3) is 12.3. The summed E-state index contributed by atoms with van der Waals surface area (Å²) in [5, 5.41) is 9.24. The highest BCUT2D eigenvalue weighted by Gasteiger charge is 2.32. The van der Waals surface area contributed by atoms with E-state index in [1.165, 1.54) is 57.8 Å². The van der Waals surface area contributed by atoms with Crippen molar-refractivity contribution in [3.8, 4) is 0 Å². The van der Waals surface area contributed by atoms with Gasteiger partial charge in [0.1, 0.15) is 6.10 Å². The number of carboxylic acid groups (broad SMARTS) is 1. The summed E-state index contributed by atoms with van der Waals surface area (Å²) in [5.41, 5.74) is 0. The maximum Gasteiger partial charge on any atom is 0.309 e. The van der Waals surface area contributed by atoms with Gasteiger partial charge in [0.25, 0.3) is 0 Å². The van der Waals surface area contributed by atoms with E-state index in [4.69, 9.17) is 4.74 Å². The van der Waals surface area contributed by atoms with Gasteiger partial charge in [0.05, 0.1) is 11.8 Å². The zero-order chi connectivity index (χ0) is 21.3. The minimum atomic E-state index is -0.768. The van der Waals surface area contributed by atoms with Crippen molar-refractivity contribution < 1.29 is 19.4 Å². The van der Waals surface area contributed by atoms with Crippen molar-refractivity contribution in [1.82, 2.24) is 0 Å². The molecule has 0 aromatic rings. The molecule has 0 aromatic carbocycles. The van der Waals surface area contributed by atoms with E-state index in [0.29, 0.717) is 12.8 Å². The first kappa shape index (κ1) is 26.0. The summed E-state index contributed by atoms with van der Waals surface area (Å²) in [6.07, 6.45) is 20.0. The molecular formula is C25H46O4. The van der Waals surface area contributed by atoms with Crippen molar-refractivity contribution in [2.24, 2.45) is 11.8 Å². The Morgan fingerprint density at radius 1 is 0.793 bits per heavy atom. The molecule has 0 aliphatic heterocycles. The van der Waals surface area contributed by atoms with Gasteiger partial charge in [0, 0.05) is 0 Å². The number of carbonyl (C=O) groups is 2. The van der Waals surface area contributed by atoms with E-state index in [2.05, 4.69) is 13.8 Å². The molecule has 170 valence electrons. The van der Waals surface area contributed by atoms with Gasteiger partial charge < -0.3 is 9.84 Å². The topological polar surface area (TPSA) is 63.6 Å². The van der Waals surface area contributed by atoms with Crippen LogP contribution in [-0.4, -0.2) is 23.1 Å². The molecule has 0 amide bonds. The van der Waals surface area contributed by atoms with Gasteiger partial charge in [0.15, 0.2) is 0 Å². The average Bonchev–Trinajstić information content (AvgIpc) is 2.73. The Labute approximate surface area is 179 Å². The monoisotopic (exact) mass is 410 g/mol. The molecule has 4 nitrogen and oxygen atoms in total. The quantitative estimate of drug-likeness (QED) is 0.202. The summed E-state index contributed by atoms with van der Waals surface area (Å²) in [6.45, 7) is 4.42. The Morgan fingerprint density at radius 2 is 1.31 bits per heavy atom. The number of carbonyl (C=O) groups excluding carboxylic acids is 1. The first-order valence-electron chi connectivity index (χ1n) is 12.5. The molecule has 1 saturated carbocycles. The van der Waals surface area contributed by atoms with Crippen LogP contribution in [0.15, 0.2) is 0 Å². The summed E-state index contributed by atoms with van der Waals surface area (Å²) >= 11 is 0. The van der Waals surface area contributed by atoms with Crippen LogP contribution in [0.25, 0.3) is 0 Å². The maximum absolute atomic E-state index is 12.6. The van der Waals surface area contributed by atoms with Crippen LogP contribution in [0.5, 0.6) is 0 Å². The molecule has 3 unspecified atom stereocenters. The van der Waals surface area contributed by atoms with Crippen LogP contribution < -0.4 is 0 Å². The number of esters is 1. The van der Waals surface area contributed by atoms with Gasteiger partial charge in [-0.15, -0.1) is 0 Å². The number of ether oxygens (including phenoxy) is 1. The highest BCUT2D eigenvalue weighted by atomic mass is 16.5. The largest absolute Gasteiger partial charge is 0.481 e. The van der Waals surface area contributed by atoms with E-state index in [1.54, 1.807) is 0 Å². The van der Waals surface area contributed by atoms with Crippen LogP contribution in [-0.2, 0) is 14.3 Å². The number of carboxylic acids is 1. The van der Waals surface area contributed by atoms with Crippen LogP contribution in [0.4, 0.5) is 0 Å². The van der Waals surface area contributed by atoms with E-state index in [9.17, 15) is 14.7 Å². The van der Waals surface area contributed by atoms with E-state index >= 15 is 0 Å². The van der Waals surface area contributed by atoms with E-state index in [1.807, 2.05) is 0 Å². The van der Waals surface area contributed by atoms with Gasteiger partial charge in [-0.05, 0) is 38.5 Å². The molecule has 4 heteroatoms. The summed E-state index contributed by atoms with van der Waals surface area (Å²) < 4.78 is 5.87. The van der Waals surface area contributed by atoms with Crippen molar-refractivity contribution in [1.29, 1.82) is 0 Å². The van der Waals surface area contributed by atoms with Crippen LogP contribution in [0, 0.1) is 11.8 Å². The lowest BCUT2D eigenvalue weighted by molar-refractivity contribution is -0.158. The molecule has 0 radical (unpaired) electrons. The normalized spacial score (nSPS) is 20.3. The molecule has 1 aliphatic rings. The Bertz CT molecular complexity index is 435. The minimum Gasteiger partial charge on any atom is -0.481 e. The Hall–Kier alpha value is -1.06. The second-order valence-electron chi connectivity index (χ2n) is 9.07. The highest BCUT2D eigenvalue weighted by molar-refractivity contribution is 5.75. The summed E-state index contributed by atoms with van der Waals surface area (Å²) in [4.78, 5) is 23.9. The fourth-order valence-corrected chi connectivity index (χ4v) is 4.44. The summed E-state index contributed by atoms with van der Waals surface area (Å²) in [6, 6.07) is 0. The van der Waals surface area contributed by atoms with Crippen LogP contribution in [0.1, 0.15) is 129 Å². The molecule has 1 aliphatic carbocycles. The third-order valence-corrected chi connectivity index (χ3v) is 6.40. The molecule has 3 atom stereocenters. The molecule has 1 fully saturated rings. The number of hydrogen-bond donors (Lipinski definition) is 1. The molecule has 0 aromatic heterocycles. The molecule has 0 bridgehead atoms. The van der Waals surface area contributed by atoms with E-state index in [0.717, 1.165) is 44.9 Å². The van der Waals surface area contributed by atoms with Crippen molar-refractivity contribution in [2.75, 3.05) is 0 Å². The van der Waals surface area contributed by atoms with E-state index < -0.39 is 5.97 Å². The van der Waals surface area contributed by atoms with Crippen LogP contribution in [0.3, 0.4) is 0 Å². The van der Waals surface area contributed by atoms with Gasteiger partial charge >= 0.3 is 11.9 Å². The summed E-state index contributed by atoms with van der Waals surface area (Å²) in [5.74, 6) is -1.52. The Balaban J connectivity index is 2.23. The maximum atomic E-state index is 12.6. The summed E-state index contributed by atoms with van der Waals surface area (Å²) in [7, 11) is 0. The van der Waals surface area contributed by atoms with E-state index in [-0.39, 0.29) is 23.9 Å². The molecule has 0 saturated heterocycles.